The van der Waals surface area contributed by atoms with Crippen LogP contribution in [0.4, 0.5) is 20.2 Å². The number of carbonyl (C=O) groups excluding carboxylic acids is 1. The number of rotatable bonds is 2. The minimum absolute atomic E-state index is 0.411. The zero-order valence-corrected chi connectivity index (χ0v) is 10.3. The molecule has 19 heavy (non-hydrogen) atoms. The van der Waals surface area contributed by atoms with E-state index in [2.05, 4.69) is 15.5 Å². The summed E-state index contributed by atoms with van der Waals surface area (Å²) >= 11 is 0. The molecule has 0 aliphatic heterocycles. The lowest BCUT2D eigenvalue weighted by atomic mass is 10.1. The Kier molecular flexibility index (Phi) is 3.20. The monoisotopic (exact) mass is 266 g/mol. The molecule has 0 spiro atoms. The van der Waals surface area contributed by atoms with Crippen molar-refractivity contribution >= 4 is 17.3 Å². The van der Waals surface area contributed by atoms with Crippen molar-refractivity contribution < 1.29 is 13.6 Å². The van der Waals surface area contributed by atoms with Gasteiger partial charge in [0, 0.05) is 0 Å². The highest BCUT2D eigenvalue weighted by Gasteiger charge is 2.18. The van der Waals surface area contributed by atoms with Crippen molar-refractivity contribution in [3.8, 4) is 0 Å². The first-order valence-corrected chi connectivity index (χ1v) is 5.47. The van der Waals surface area contributed by atoms with Gasteiger partial charge in [0.05, 0.1) is 28.3 Å². The molecule has 0 atom stereocenters. The molecule has 100 valence electrons. The van der Waals surface area contributed by atoms with Gasteiger partial charge in [0.1, 0.15) is 5.82 Å². The molecule has 0 aliphatic carbocycles. The first-order valence-electron chi connectivity index (χ1n) is 5.47. The smallest absolute Gasteiger partial charge is 0.258 e. The van der Waals surface area contributed by atoms with Gasteiger partial charge >= 0.3 is 0 Å². The molecule has 0 aliphatic rings. The van der Waals surface area contributed by atoms with Crippen LogP contribution in [-0.2, 0) is 0 Å². The Morgan fingerprint density at radius 3 is 2.63 bits per heavy atom. The second-order valence-electron chi connectivity index (χ2n) is 4.12. The fraction of sp³-hybridized carbons (Fsp3) is 0.167. The number of halogens is 2. The van der Waals surface area contributed by atoms with E-state index in [0.717, 1.165) is 12.1 Å². The Labute approximate surface area is 107 Å². The van der Waals surface area contributed by atoms with Crippen LogP contribution in [-0.4, -0.2) is 16.1 Å². The molecule has 0 saturated heterocycles. The van der Waals surface area contributed by atoms with Gasteiger partial charge < -0.3 is 11.1 Å². The van der Waals surface area contributed by atoms with Crippen LogP contribution in [0.15, 0.2) is 12.1 Å². The second-order valence-corrected chi connectivity index (χ2v) is 4.12. The van der Waals surface area contributed by atoms with Gasteiger partial charge in [-0.1, -0.05) is 0 Å². The maximum absolute atomic E-state index is 13.7. The third-order valence-corrected chi connectivity index (χ3v) is 2.68. The number of nitrogens with two attached hydrogens (primary N) is 1. The SMILES string of the molecule is Cc1n[nH]c(C)c1NC(=O)c1cc(F)cc(N)c1F. The number of carbonyl (C=O) groups is 1. The number of nitrogen functional groups attached to an aromatic ring is 1. The molecule has 0 radical (unpaired) electrons. The zero-order valence-electron chi connectivity index (χ0n) is 10.3. The summed E-state index contributed by atoms with van der Waals surface area (Å²) in [7, 11) is 0. The average molecular weight is 266 g/mol. The number of benzene rings is 1. The summed E-state index contributed by atoms with van der Waals surface area (Å²) < 4.78 is 26.8. The van der Waals surface area contributed by atoms with Gasteiger partial charge in [0.2, 0.25) is 0 Å². The molecule has 4 N–H and O–H groups in total. The number of anilines is 2. The Morgan fingerprint density at radius 2 is 2.05 bits per heavy atom. The van der Waals surface area contributed by atoms with Gasteiger partial charge in [-0.05, 0) is 26.0 Å². The molecular formula is C12H12F2N4O. The lowest BCUT2D eigenvalue weighted by Crippen LogP contribution is -2.16. The van der Waals surface area contributed by atoms with Crippen molar-refractivity contribution in [1.29, 1.82) is 0 Å². The summed E-state index contributed by atoms with van der Waals surface area (Å²) in [4.78, 5) is 11.9. The minimum Gasteiger partial charge on any atom is -0.396 e. The highest BCUT2D eigenvalue weighted by Crippen LogP contribution is 2.21. The van der Waals surface area contributed by atoms with Crippen LogP contribution >= 0.6 is 0 Å². The minimum atomic E-state index is -0.947. The van der Waals surface area contributed by atoms with Gasteiger partial charge in [-0.2, -0.15) is 5.10 Å². The Bertz CT molecular complexity index is 632. The van der Waals surface area contributed by atoms with E-state index in [-0.39, 0.29) is 0 Å². The molecule has 1 amide bonds. The van der Waals surface area contributed by atoms with Gasteiger partial charge in [-0.25, -0.2) is 8.78 Å². The van der Waals surface area contributed by atoms with Crippen molar-refractivity contribution in [2.24, 2.45) is 0 Å². The summed E-state index contributed by atoms with van der Waals surface area (Å²) in [6, 6.07) is 1.62. The summed E-state index contributed by atoms with van der Waals surface area (Å²) in [5, 5.41) is 9.04. The van der Waals surface area contributed by atoms with E-state index >= 15 is 0 Å². The molecule has 5 nitrogen and oxygen atoms in total. The Morgan fingerprint density at radius 1 is 1.37 bits per heavy atom. The van der Waals surface area contributed by atoms with Crippen LogP contribution in [0.1, 0.15) is 21.7 Å². The number of aromatic nitrogens is 2. The standard InChI is InChI=1S/C12H12F2N4O/c1-5-11(6(2)18-17-5)16-12(19)8-3-7(13)4-9(15)10(8)14/h3-4H,15H2,1-2H3,(H,16,19)(H,17,18). The van der Waals surface area contributed by atoms with Gasteiger partial charge in [-0.15, -0.1) is 0 Å². The van der Waals surface area contributed by atoms with E-state index in [1.165, 1.54) is 0 Å². The summed E-state index contributed by atoms with van der Waals surface area (Å²) in [6.07, 6.45) is 0. The van der Waals surface area contributed by atoms with E-state index in [4.69, 9.17) is 5.73 Å². The number of hydrogen-bond donors (Lipinski definition) is 3. The topological polar surface area (TPSA) is 83.8 Å². The molecule has 1 aromatic carbocycles. The molecule has 0 bridgehead atoms. The van der Waals surface area contributed by atoms with Crippen molar-refractivity contribution in [3.05, 3.63) is 40.7 Å². The number of nitrogens with zero attached hydrogens (tertiary/aromatic N) is 1. The van der Waals surface area contributed by atoms with Gasteiger partial charge in [0.15, 0.2) is 5.82 Å². The number of aryl methyl sites for hydroxylation is 2. The van der Waals surface area contributed by atoms with E-state index < -0.39 is 28.8 Å². The maximum Gasteiger partial charge on any atom is 0.258 e. The molecule has 0 fully saturated rings. The van der Waals surface area contributed by atoms with Crippen LogP contribution in [0.3, 0.4) is 0 Å². The number of nitrogens with one attached hydrogen (secondary N) is 2. The number of aromatic amines is 1. The molecule has 0 saturated carbocycles. The van der Waals surface area contributed by atoms with Gasteiger partial charge in [-0.3, -0.25) is 9.89 Å². The lowest BCUT2D eigenvalue weighted by molar-refractivity contribution is 0.102. The third kappa shape index (κ3) is 2.40. The number of H-pyrrole nitrogens is 1. The van der Waals surface area contributed by atoms with Gasteiger partial charge in [0.25, 0.3) is 5.91 Å². The molecule has 0 unspecified atom stereocenters. The fourth-order valence-electron chi connectivity index (χ4n) is 1.69. The van der Waals surface area contributed by atoms with Crippen molar-refractivity contribution in [2.45, 2.75) is 13.8 Å². The highest BCUT2D eigenvalue weighted by atomic mass is 19.1. The van der Waals surface area contributed by atoms with Crippen LogP contribution < -0.4 is 11.1 Å². The predicted molar refractivity (Wildman–Crippen MR) is 66.8 cm³/mol. The lowest BCUT2D eigenvalue weighted by Gasteiger charge is -2.08. The molecule has 2 aromatic rings. The molecule has 2 rings (SSSR count). The summed E-state index contributed by atoms with van der Waals surface area (Å²) in [5.41, 5.74) is 6.03. The van der Waals surface area contributed by atoms with Crippen LogP contribution in [0.2, 0.25) is 0 Å². The first-order chi connectivity index (χ1) is 8.90. The van der Waals surface area contributed by atoms with E-state index in [1.807, 2.05) is 0 Å². The highest BCUT2D eigenvalue weighted by molar-refractivity contribution is 6.05. The predicted octanol–water partition coefficient (Wildman–Crippen LogP) is 2.14. The van der Waals surface area contributed by atoms with Crippen molar-refractivity contribution in [2.75, 3.05) is 11.1 Å². The van der Waals surface area contributed by atoms with E-state index in [9.17, 15) is 13.6 Å². The molecular weight excluding hydrogens is 254 g/mol. The van der Waals surface area contributed by atoms with E-state index in [0.29, 0.717) is 17.1 Å². The third-order valence-electron chi connectivity index (χ3n) is 2.68. The maximum atomic E-state index is 13.7. The molecule has 7 heteroatoms. The normalized spacial score (nSPS) is 10.5. The molecule has 1 heterocycles. The second kappa shape index (κ2) is 4.68. The first kappa shape index (κ1) is 13.0. The largest absolute Gasteiger partial charge is 0.396 e. The Balaban J connectivity index is 2.36. The Hall–Kier alpha value is -2.44. The number of amides is 1. The van der Waals surface area contributed by atoms with Crippen molar-refractivity contribution in [3.63, 3.8) is 0 Å². The number of hydrogen-bond acceptors (Lipinski definition) is 3. The van der Waals surface area contributed by atoms with Crippen LogP contribution in [0, 0.1) is 25.5 Å². The quantitative estimate of drug-likeness (QED) is 0.728. The zero-order chi connectivity index (χ0) is 14.2. The average Bonchev–Trinajstić information content (AvgIpc) is 2.65. The van der Waals surface area contributed by atoms with Crippen LogP contribution in [0.25, 0.3) is 0 Å². The van der Waals surface area contributed by atoms with Crippen LogP contribution in [0.5, 0.6) is 0 Å². The van der Waals surface area contributed by atoms with Crippen molar-refractivity contribution in [1.82, 2.24) is 10.2 Å². The fourth-order valence-corrected chi connectivity index (χ4v) is 1.69. The summed E-state index contributed by atoms with van der Waals surface area (Å²) in [6.45, 7) is 3.38. The van der Waals surface area contributed by atoms with E-state index in [1.54, 1.807) is 13.8 Å². The molecule has 1 aromatic heterocycles. The summed E-state index contributed by atoms with van der Waals surface area (Å²) in [5.74, 6) is -2.50.